The van der Waals surface area contributed by atoms with E-state index in [1.807, 2.05) is 24.6 Å². The smallest absolute Gasteiger partial charge is 0.410 e. The standard InChI is InChI=1S/C26H39N7O5S/c1-21-27-8-12-30(21)9-3-17-39(35,36)33-15-13-31(14-16-33)23-18-29-24(19-28-23)37-20-22-4-10-32(11-5-22)25(34)38-26(2)6-7-26/h8,12,18-19,22H,3-7,9-11,13-17,20H2,1-2H3. The fourth-order valence-electron chi connectivity index (χ4n) is 4.97. The van der Waals surface area contributed by atoms with E-state index >= 15 is 0 Å². The number of hydrogen-bond donors (Lipinski definition) is 0. The lowest BCUT2D eigenvalue weighted by Gasteiger charge is -2.34. The normalized spacial score (nSPS) is 20.2. The number of piperazine rings is 1. The monoisotopic (exact) mass is 561 g/mol. The summed E-state index contributed by atoms with van der Waals surface area (Å²) < 4.78 is 40.6. The van der Waals surface area contributed by atoms with Crippen molar-refractivity contribution in [3.8, 4) is 5.88 Å². The van der Waals surface area contributed by atoms with Crippen LogP contribution in [0.15, 0.2) is 24.8 Å². The van der Waals surface area contributed by atoms with Crippen LogP contribution in [0.3, 0.4) is 0 Å². The molecule has 0 radical (unpaired) electrons. The Morgan fingerprint density at radius 2 is 1.79 bits per heavy atom. The second kappa shape index (κ2) is 11.7. The maximum atomic E-state index is 12.8. The van der Waals surface area contributed by atoms with E-state index in [2.05, 4.69) is 19.9 Å². The van der Waals surface area contributed by atoms with Crippen molar-refractivity contribution >= 4 is 21.9 Å². The third-order valence-corrected chi connectivity index (χ3v) is 9.88. The molecule has 2 saturated heterocycles. The van der Waals surface area contributed by atoms with E-state index in [4.69, 9.17) is 9.47 Å². The van der Waals surface area contributed by atoms with E-state index in [1.165, 1.54) is 0 Å². The summed E-state index contributed by atoms with van der Waals surface area (Å²) in [6.07, 6.45) is 10.9. The molecule has 1 amide bonds. The van der Waals surface area contributed by atoms with Crippen molar-refractivity contribution in [3.63, 3.8) is 0 Å². The SMILES string of the molecule is Cc1nccn1CCCS(=O)(=O)N1CCN(c2cnc(OCC3CCN(C(=O)OC4(C)CC4)CC3)cn2)CC1. The number of aromatic nitrogens is 4. The lowest BCUT2D eigenvalue weighted by atomic mass is 9.98. The molecule has 5 rings (SSSR count). The van der Waals surface area contributed by atoms with Gasteiger partial charge in [-0.25, -0.2) is 28.2 Å². The minimum absolute atomic E-state index is 0.124. The number of aryl methyl sites for hydroxylation is 2. The number of likely N-dealkylation sites (tertiary alicyclic amines) is 1. The molecule has 0 N–H and O–H groups in total. The summed E-state index contributed by atoms with van der Waals surface area (Å²) in [4.78, 5) is 29.2. The molecular formula is C26H39N7O5S. The molecule has 2 aromatic rings. The van der Waals surface area contributed by atoms with E-state index in [0.717, 1.165) is 31.5 Å². The Hall–Kier alpha value is -2.93. The number of carbonyl (C=O) groups is 1. The molecule has 214 valence electrons. The van der Waals surface area contributed by atoms with Crippen LogP contribution in [0.2, 0.25) is 0 Å². The lowest BCUT2D eigenvalue weighted by molar-refractivity contribution is 0.0454. The Morgan fingerprint density at radius 3 is 2.41 bits per heavy atom. The number of rotatable bonds is 10. The Balaban J connectivity index is 1.01. The Morgan fingerprint density at radius 1 is 1.05 bits per heavy atom. The first-order valence-corrected chi connectivity index (χ1v) is 15.4. The number of hydrogen-bond acceptors (Lipinski definition) is 9. The molecule has 0 aromatic carbocycles. The van der Waals surface area contributed by atoms with Crippen LogP contribution in [0.1, 0.15) is 44.9 Å². The molecule has 0 unspecified atom stereocenters. The topological polar surface area (TPSA) is 123 Å². The number of nitrogens with zero attached hydrogens (tertiary/aromatic N) is 7. The highest BCUT2D eigenvalue weighted by molar-refractivity contribution is 7.89. The summed E-state index contributed by atoms with van der Waals surface area (Å²) in [6.45, 7) is 8.42. The minimum Gasteiger partial charge on any atom is -0.476 e. The summed E-state index contributed by atoms with van der Waals surface area (Å²) in [5, 5.41) is 0. The molecule has 0 atom stereocenters. The number of sulfonamides is 1. The van der Waals surface area contributed by atoms with Crippen LogP contribution in [-0.4, -0.2) is 100 Å². The number of piperidine rings is 1. The quantitative estimate of drug-likeness (QED) is 0.430. The second-order valence-corrected chi connectivity index (χ2v) is 13.1. The van der Waals surface area contributed by atoms with E-state index in [9.17, 15) is 13.2 Å². The van der Waals surface area contributed by atoms with Crippen molar-refractivity contribution in [2.45, 2.75) is 58.1 Å². The number of imidazole rings is 1. The maximum absolute atomic E-state index is 12.8. The molecule has 0 bridgehead atoms. The molecule has 2 aliphatic heterocycles. The van der Waals surface area contributed by atoms with Gasteiger partial charge >= 0.3 is 6.09 Å². The van der Waals surface area contributed by atoms with Crippen LogP contribution in [0.25, 0.3) is 0 Å². The zero-order valence-electron chi connectivity index (χ0n) is 22.9. The van der Waals surface area contributed by atoms with Crippen LogP contribution < -0.4 is 9.64 Å². The minimum atomic E-state index is -3.31. The molecular weight excluding hydrogens is 522 g/mol. The van der Waals surface area contributed by atoms with Gasteiger partial charge in [0.05, 0.1) is 24.8 Å². The highest BCUT2D eigenvalue weighted by atomic mass is 32.2. The van der Waals surface area contributed by atoms with Crippen molar-refractivity contribution in [3.05, 3.63) is 30.6 Å². The van der Waals surface area contributed by atoms with Crippen LogP contribution in [0.4, 0.5) is 10.6 Å². The van der Waals surface area contributed by atoms with Gasteiger partial charge in [0.25, 0.3) is 0 Å². The van der Waals surface area contributed by atoms with E-state index in [0.29, 0.717) is 76.5 Å². The predicted molar refractivity (Wildman–Crippen MR) is 145 cm³/mol. The zero-order valence-corrected chi connectivity index (χ0v) is 23.7. The highest BCUT2D eigenvalue weighted by Crippen LogP contribution is 2.39. The lowest BCUT2D eigenvalue weighted by Crippen LogP contribution is -2.49. The van der Waals surface area contributed by atoms with Crippen LogP contribution in [0.5, 0.6) is 5.88 Å². The van der Waals surface area contributed by atoms with Crippen LogP contribution >= 0.6 is 0 Å². The number of ether oxygens (including phenoxy) is 2. The number of carbonyl (C=O) groups excluding carboxylic acids is 1. The third kappa shape index (κ3) is 7.18. The van der Waals surface area contributed by atoms with Gasteiger partial charge in [0, 0.05) is 58.2 Å². The molecule has 2 aromatic heterocycles. The fourth-order valence-corrected chi connectivity index (χ4v) is 6.44. The average Bonchev–Trinajstić information content (AvgIpc) is 3.53. The Bertz CT molecular complexity index is 1220. The summed E-state index contributed by atoms with van der Waals surface area (Å²) in [5.74, 6) is 2.55. The van der Waals surface area contributed by atoms with Gasteiger partial charge in [0.1, 0.15) is 17.2 Å². The van der Waals surface area contributed by atoms with Gasteiger partial charge in [-0.05, 0) is 51.9 Å². The molecule has 12 nitrogen and oxygen atoms in total. The van der Waals surface area contributed by atoms with Gasteiger partial charge < -0.3 is 23.8 Å². The van der Waals surface area contributed by atoms with Crippen LogP contribution in [0, 0.1) is 12.8 Å². The zero-order chi connectivity index (χ0) is 27.5. The molecule has 1 aliphatic carbocycles. The van der Waals surface area contributed by atoms with Crippen LogP contribution in [-0.2, 0) is 21.3 Å². The van der Waals surface area contributed by atoms with Gasteiger partial charge in [0.2, 0.25) is 15.9 Å². The van der Waals surface area contributed by atoms with E-state index in [1.54, 1.807) is 27.8 Å². The number of amides is 1. The van der Waals surface area contributed by atoms with Gasteiger partial charge in [-0.15, -0.1) is 0 Å². The molecule has 4 heterocycles. The third-order valence-electron chi connectivity index (χ3n) is 7.92. The molecule has 3 aliphatic rings. The van der Waals surface area contributed by atoms with E-state index in [-0.39, 0.29) is 17.4 Å². The van der Waals surface area contributed by atoms with Crippen molar-refractivity contribution in [1.82, 2.24) is 28.7 Å². The fraction of sp³-hybridized carbons (Fsp3) is 0.692. The Labute approximate surface area is 230 Å². The summed E-state index contributed by atoms with van der Waals surface area (Å²) in [6, 6.07) is 0. The predicted octanol–water partition coefficient (Wildman–Crippen LogP) is 2.30. The summed E-state index contributed by atoms with van der Waals surface area (Å²) in [7, 11) is -3.31. The first kappa shape index (κ1) is 27.6. The van der Waals surface area contributed by atoms with Crippen molar-refractivity contribution in [1.29, 1.82) is 0 Å². The summed E-state index contributed by atoms with van der Waals surface area (Å²) >= 11 is 0. The van der Waals surface area contributed by atoms with Gasteiger partial charge in [-0.2, -0.15) is 4.31 Å². The Kier molecular flexibility index (Phi) is 8.27. The maximum Gasteiger partial charge on any atom is 0.410 e. The van der Waals surface area contributed by atoms with Gasteiger partial charge in [-0.1, -0.05) is 0 Å². The van der Waals surface area contributed by atoms with Crippen molar-refractivity contribution in [2.75, 3.05) is 56.5 Å². The molecule has 3 fully saturated rings. The molecule has 0 spiro atoms. The van der Waals surface area contributed by atoms with E-state index < -0.39 is 10.0 Å². The second-order valence-electron chi connectivity index (χ2n) is 11.0. The first-order chi connectivity index (χ1) is 18.7. The number of anilines is 1. The van der Waals surface area contributed by atoms with Crippen molar-refractivity contribution < 1.29 is 22.7 Å². The average molecular weight is 562 g/mol. The largest absolute Gasteiger partial charge is 0.476 e. The van der Waals surface area contributed by atoms with Gasteiger partial charge in [0.15, 0.2) is 0 Å². The molecule has 13 heteroatoms. The van der Waals surface area contributed by atoms with Gasteiger partial charge in [-0.3, -0.25) is 0 Å². The first-order valence-electron chi connectivity index (χ1n) is 13.8. The highest BCUT2D eigenvalue weighted by Gasteiger charge is 2.43. The molecule has 39 heavy (non-hydrogen) atoms. The van der Waals surface area contributed by atoms with Crippen molar-refractivity contribution in [2.24, 2.45) is 5.92 Å². The molecule has 1 saturated carbocycles. The summed E-state index contributed by atoms with van der Waals surface area (Å²) in [5.41, 5.74) is -0.242.